The summed E-state index contributed by atoms with van der Waals surface area (Å²) in [5.74, 6) is -0.100. The molecule has 146 valence electrons. The lowest BCUT2D eigenvalue weighted by Crippen LogP contribution is -2.33. The summed E-state index contributed by atoms with van der Waals surface area (Å²) in [4.78, 5) is 28.2. The number of hydrogen-bond acceptors (Lipinski definition) is 6. The van der Waals surface area contributed by atoms with Gasteiger partial charge in [-0.3, -0.25) is 9.59 Å². The second-order valence-corrected chi connectivity index (χ2v) is 8.96. The molecule has 0 bridgehead atoms. The third kappa shape index (κ3) is 4.32. The zero-order valence-corrected chi connectivity index (χ0v) is 17.5. The third-order valence-electron chi connectivity index (χ3n) is 4.67. The Kier molecular flexibility index (Phi) is 6.27. The van der Waals surface area contributed by atoms with Crippen LogP contribution >= 0.6 is 23.1 Å². The van der Waals surface area contributed by atoms with E-state index in [9.17, 15) is 14.9 Å². The van der Waals surface area contributed by atoms with E-state index in [1.54, 1.807) is 11.8 Å². The van der Waals surface area contributed by atoms with Crippen molar-refractivity contribution in [1.82, 2.24) is 4.90 Å². The third-order valence-corrected chi connectivity index (χ3v) is 7.18. The van der Waals surface area contributed by atoms with Crippen molar-refractivity contribution < 1.29 is 9.59 Å². The summed E-state index contributed by atoms with van der Waals surface area (Å²) >= 11 is 2.88. The molecule has 1 aromatic carbocycles. The Labute approximate surface area is 172 Å². The Morgan fingerprint density at radius 2 is 2.11 bits per heavy atom. The van der Waals surface area contributed by atoms with E-state index in [4.69, 9.17) is 5.73 Å². The molecule has 1 unspecified atom stereocenters. The van der Waals surface area contributed by atoms with Crippen LogP contribution in [-0.2, 0) is 22.6 Å². The molecule has 0 radical (unpaired) electrons. The fourth-order valence-corrected chi connectivity index (χ4v) is 5.27. The Balaban J connectivity index is 1.76. The Bertz CT molecular complexity index is 931. The predicted molar refractivity (Wildman–Crippen MR) is 113 cm³/mol. The molecule has 0 fully saturated rings. The summed E-state index contributed by atoms with van der Waals surface area (Å²) in [6, 6.07) is 9.67. The van der Waals surface area contributed by atoms with Gasteiger partial charge in [0.2, 0.25) is 11.8 Å². The molecule has 0 saturated carbocycles. The van der Waals surface area contributed by atoms with Gasteiger partial charge in [-0.05, 0) is 42.7 Å². The van der Waals surface area contributed by atoms with Crippen LogP contribution in [0.2, 0.25) is 0 Å². The molecule has 8 heteroatoms. The van der Waals surface area contributed by atoms with Gasteiger partial charge in [-0.15, -0.1) is 23.1 Å². The monoisotopic (exact) mass is 414 g/mol. The van der Waals surface area contributed by atoms with E-state index in [0.29, 0.717) is 42.2 Å². The molecule has 1 atom stereocenters. The maximum atomic E-state index is 12.8. The molecule has 28 heavy (non-hydrogen) atoms. The van der Waals surface area contributed by atoms with Crippen LogP contribution in [0.3, 0.4) is 0 Å². The zero-order chi connectivity index (χ0) is 20.3. The van der Waals surface area contributed by atoms with E-state index in [-0.39, 0.29) is 17.1 Å². The van der Waals surface area contributed by atoms with E-state index in [2.05, 4.69) is 11.4 Å². The number of rotatable bonds is 5. The van der Waals surface area contributed by atoms with Crippen molar-refractivity contribution >= 4 is 45.6 Å². The first-order chi connectivity index (χ1) is 13.4. The molecule has 2 aromatic rings. The number of nitrogens with zero attached hydrogens (tertiary/aromatic N) is 2. The average molecular weight is 415 g/mol. The summed E-state index contributed by atoms with van der Waals surface area (Å²) in [6.45, 7) is 4.61. The fraction of sp³-hybridized carbons (Fsp3) is 0.350. The number of thioether (sulfide) groups is 1. The number of benzene rings is 1. The Hall–Kier alpha value is -2.50. The van der Waals surface area contributed by atoms with Gasteiger partial charge in [-0.2, -0.15) is 5.26 Å². The van der Waals surface area contributed by atoms with Crippen molar-refractivity contribution in [2.75, 3.05) is 17.6 Å². The topological polar surface area (TPSA) is 99.2 Å². The van der Waals surface area contributed by atoms with Crippen LogP contribution in [0.25, 0.3) is 0 Å². The molecule has 3 rings (SSSR count). The maximum absolute atomic E-state index is 12.8. The van der Waals surface area contributed by atoms with Gasteiger partial charge in [-0.25, -0.2) is 0 Å². The van der Waals surface area contributed by atoms with Gasteiger partial charge >= 0.3 is 0 Å². The van der Waals surface area contributed by atoms with Crippen LogP contribution < -0.4 is 11.1 Å². The minimum Gasteiger partial charge on any atom is -0.399 e. The van der Waals surface area contributed by atoms with Crippen LogP contribution in [0.1, 0.15) is 36.3 Å². The number of nitrogens with one attached hydrogen (secondary N) is 1. The molecule has 0 spiro atoms. The normalized spacial score (nSPS) is 14.1. The summed E-state index contributed by atoms with van der Waals surface area (Å²) < 4.78 is 0. The minimum absolute atomic E-state index is 0.0223. The van der Waals surface area contributed by atoms with Gasteiger partial charge in [0, 0.05) is 28.9 Å². The largest absolute Gasteiger partial charge is 0.399 e. The molecule has 0 saturated heterocycles. The second-order valence-electron chi connectivity index (χ2n) is 6.58. The summed E-state index contributed by atoms with van der Waals surface area (Å²) in [5, 5.41) is 12.9. The maximum Gasteiger partial charge on any atom is 0.238 e. The molecular formula is C20H22N4O2S2. The SMILES string of the molecule is CCC(Sc1ccc(N)cc1)C(=O)Nc1sc2c(c1C#N)CCN(C(C)=O)C2. The molecule has 6 nitrogen and oxygen atoms in total. The van der Waals surface area contributed by atoms with Gasteiger partial charge < -0.3 is 16.0 Å². The first kappa shape index (κ1) is 20.2. The summed E-state index contributed by atoms with van der Waals surface area (Å²) in [7, 11) is 0. The molecule has 2 amide bonds. The highest BCUT2D eigenvalue weighted by Crippen LogP contribution is 2.37. The quantitative estimate of drug-likeness (QED) is 0.575. The average Bonchev–Trinajstić information content (AvgIpc) is 3.03. The summed E-state index contributed by atoms with van der Waals surface area (Å²) in [6.07, 6.45) is 1.30. The lowest BCUT2D eigenvalue weighted by atomic mass is 10.0. The van der Waals surface area contributed by atoms with Gasteiger partial charge in [0.25, 0.3) is 0 Å². The van der Waals surface area contributed by atoms with Gasteiger partial charge in [0.1, 0.15) is 11.1 Å². The van der Waals surface area contributed by atoms with E-state index in [0.717, 1.165) is 15.3 Å². The smallest absolute Gasteiger partial charge is 0.238 e. The van der Waals surface area contributed by atoms with Crippen molar-refractivity contribution in [3.8, 4) is 6.07 Å². The molecule has 1 aliphatic rings. The first-order valence-electron chi connectivity index (χ1n) is 9.06. The highest BCUT2D eigenvalue weighted by molar-refractivity contribution is 8.00. The van der Waals surface area contributed by atoms with E-state index in [1.807, 2.05) is 31.2 Å². The van der Waals surface area contributed by atoms with Crippen LogP contribution in [0.15, 0.2) is 29.2 Å². The molecule has 2 heterocycles. The lowest BCUT2D eigenvalue weighted by Gasteiger charge is -2.25. The summed E-state index contributed by atoms with van der Waals surface area (Å²) in [5.41, 5.74) is 7.89. The number of anilines is 2. The van der Waals surface area contributed by atoms with Crippen molar-refractivity contribution in [1.29, 1.82) is 5.26 Å². The highest BCUT2D eigenvalue weighted by atomic mass is 32.2. The van der Waals surface area contributed by atoms with Crippen molar-refractivity contribution in [3.63, 3.8) is 0 Å². The zero-order valence-electron chi connectivity index (χ0n) is 15.8. The second kappa shape index (κ2) is 8.67. The Morgan fingerprint density at radius 3 is 2.71 bits per heavy atom. The number of nitrogen functional groups attached to an aromatic ring is 1. The molecule has 1 aromatic heterocycles. The number of thiophene rings is 1. The van der Waals surface area contributed by atoms with Crippen molar-refractivity contribution in [2.24, 2.45) is 0 Å². The molecule has 1 aliphatic heterocycles. The van der Waals surface area contributed by atoms with Gasteiger partial charge in [0.05, 0.1) is 17.4 Å². The van der Waals surface area contributed by atoms with E-state index in [1.165, 1.54) is 23.1 Å². The minimum atomic E-state index is -0.275. The van der Waals surface area contributed by atoms with Crippen molar-refractivity contribution in [2.45, 2.75) is 43.4 Å². The fourth-order valence-electron chi connectivity index (χ4n) is 3.10. The van der Waals surface area contributed by atoms with Crippen LogP contribution in [0.5, 0.6) is 0 Å². The van der Waals surface area contributed by atoms with E-state index >= 15 is 0 Å². The van der Waals surface area contributed by atoms with Crippen LogP contribution in [0, 0.1) is 11.3 Å². The van der Waals surface area contributed by atoms with E-state index < -0.39 is 0 Å². The lowest BCUT2D eigenvalue weighted by molar-refractivity contribution is -0.129. The molecule has 3 N–H and O–H groups in total. The highest BCUT2D eigenvalue weighted by Gasteiger charge is 2.27. The van der Waals surface area contributed by atoms with Crippen LogP contribution in [-0.4, -0.2) is 28.5 Å². The number of nitrogens with two attached hydrogens (primary N) is 1. The molecular weight excluding hydrogens is 392 g/mol. The van der Waals surface area contributed by atoms with Gasteiger partial charge in [-0.1, -0.05) is 6.92 Å². The van der Waals surface area contributed by atoms with Gasteiger partial charge in [0.15, 0.2) is 0 Å². The number of fused-ring (bicyclic) bond motifs is 1. The number of amides is 2. The number of nitriles is 1. The van der Waals surface area contributed by atoms with Crippen molar-refractivity contribution in [3.05, 3.63) is 40.3 Å². The van der Waals surface area contributed by atoms with Crippen LogP contribution in [0.4, 0.5) is 10.7 Å². The number of carbonyl (C=O) groups excluding carboxylic acids is 2. The first-order valence-corrected chi connectivity index (χ1v) is 10.8. The number of carbonyl (C=O) groups is 2. The molecule has 0 aliphatic carbocycles. The standard InChI is InChI=1S/C20H22N4O2S2/c1-3-17(27-14-6-4-13(22)5-7-14)19(26)23-20-16(10-21)15-8-9-24(12(2)25)11-18(15)28-20/h4-7,17H,3,8-9,11,22H2,1-2H3,(H,23,26). The predicted octanol–water partition coefficient (Wildman–Crippen LogP) is 3.62. The number of hydrogen-bond donors (Lipinski definition) is 2. The Morgan fingerprint density at radius 1 is 1.39 bits per heavy atom.